The van der Waals surface area contributed by atoms with Gasteiger partial charge in [0, 0.05) is 19.7 Å². The highest BCUT2D eigenvalue weighted by atomic mass is 15.5. The van der Waals surface area contributed by atoms with Crippen LogP contribution in [-0.2, 0) is 7.05 Å². The number of hydrogen-bond donors (Lipinski definition) is 0. The summed E-state index contributed by atoms with van der Waals surface area (Å²) in [7, 11) is 1.99. The predicted molar refractivity (Wildman–Crippen MR) is 144 cm³/mol. The molecule has 6 rings (SSSR count). The van der Waals surface area contributed by atoms with Crippen LogP contribution in [0.5, 0.6) is 0 Å². The summed E-state index contributed by atoms with van der Waals surface area (Å²) in [6.07, 6.45) is 2.73. The first-order chi connectivity index (χ1) is 17.3. The maximum Gasteiger partial charge on any atom is 0.230 e. The fraction of sp³-hybridized carbons (Fsp3) is 0.100. The molecule has 0 N–H and O–H groups in total. The number of benzene rings is 4. The topological polar surface area (TPSA) is 45.8 Å². The van der Waals surface area contributed by atoms with Gasteiger partial charge >= 0.3 is 0 Å². The van der Waals surface area contributed by atoms with Gasteiger partial charge in [0.2, 0.25) is 5.95 Å². The number of fused-ring (bicyclic) bond motifs is 1. The van der Waals surface area contributed by atoms with E-state index in [1.54, 1.807) is 0 Å². The van der Waals surface area contributed by atoms with Gasteiger partial charge < -0.3 is 4.57 Å². The number of hydrogen-bond acceptors (Lipinski definition) is 4. The fourth-order valence-electron chi connectivity index (χ4n) is 4.58. The van der Waals surface area contributed by atoms with E-state index in [0.29, 0.717) is 5.95 Å². The van der Waals surface area contributed by atoms with E-state index < -0.39 is 0 Å². The molecular formula is C30H25N5. The van der Waals surface area contributed by atoms with E-state index in [0.717, 1.165) is 34.4 Å². The Labute approximate surface area is 204 Å². The molecule has 5 nitrogen and oxygen atoms in total. The first kappa shape index (κ1) is 21.1. The van der Waals surface area contributed by atoms with Gasteiger partial charge in [-0.25, -0.2) is 9.98 Å². The van der Waals surface area contributed by atoms with E-state index in [1.165, 1.54) is 11.1 Å². The SMILES string of the molecule is Cn1c(/N=C/c2ccc(N3N=C(c4ccccc4)CC3c3ccccc3)cc2)nc2ccccc21. The summed E-state index contributed by atoms with van der Waals surface area (Å²) in [6, 6.07) is 37.7. The van der Waals surface area contributed by atoms with Crippen LogP contribution in [0.4, 0.5) is 11.6 Å². The lowest BCUT2D eigenvalue weighted by Crippen LogP contribution is -2.18. The smallest absolute Gasteiger partial charge is 0.230 e. The third-order valence-corrected chi connectivity index (χ3v) is 6.45. The zero-order valence-corrected chi connectivity index (χ0v) is 19.5. The van der Waals surface area contributed by atoms with Crippen LogP contribution in [0.1, 0.15) is 29.2 Å². The number of hydrazone groups is 1. The Balaban J connectivity index is 1.29. The molecule has 170 valence electrons. The molecule has 4 aromatic carbocycles. The van der Waals surface area contributed by atoms with Crippen LogP contribution in [0.2, 0.25) is 0 Å². The molecule has 2 heterocycles. The number of para-hydroxylation sites is 2. The third-order valence-electron chi connectivity index (χ3n) is 6.45. The summed E-state index contributed by atoms with van der Waals surface area (Å²) in [4.78, 5) is 9.27. The van der Waals surface area contributed by atoms with Gasteiger partial charge in [-0.05, 0) is 41.0 Å². The Kier molecular flexibility index (Phi) is 5.43. The number of aromatic nitrogens is 2. The average molecular weight is 456 g/mol. The zero-order chi connectivity index (χ0) is 23.6. The highest BCUT2D eigenvalue weighted by Gasteiger charge is 2.29. The monoisotopic (exact) mass is 455 g/mol. The van der Waals surface area contributed by atoms with Crippen molar-refractivity contribution < 1.29 is 0 Å². The summed E-state index contributed by atoms with van der Waals surface area (Å²) in [5, 5.41) is 7.19. The molecule has 1 atom stereocenters. The molecule has 0 saturated carbocycles. The number of imidazole rings is 1. The van der Waals surface area contributed by atoms with E-state index >= 15 is 0 Å². The summed E-state index contributed by atoms with van der Waals surface area (Å²) in [6.45, 7) is 0. The van der Waals surface area contributed by atoms with Crippen molar-refractivity contribution in [1.82, 2.24) is 9.55 Å². The minimum atomic E-state index is 0.158. The maximum atomic E-state index is 5.05. The number of aliphatic imine (C=N–C) groups is 1. The number of nitrogens with zero attached hydrogens (tertiary/aromatic N) is 5. The first-order valence-electron chi connectivity index (χ1n) is 11.8. The Morgan fingerprint density at radius 3 is 2.23 bits per heavy atom. The summed E-state index contributed by atoms with van der Waals surface area (Å²) in [5.41, 5.74) is 7.63. The molecule has 1 unspecified atom stereocenters. The lowest BCUT2D eigenvalue weighted by Gasteiger charge is -2.24. The Morgan fingerprint density at radius 2 is 1.49 bits per heavy atom. The summed E-state index contributed by atoms with van der Waals surface area (Å²) >= 11 is 0. The van der Waals surface area contributed by atoms with E-state index in [2.05, 4.69) is 99.9 Å². The number of aryl methyl sites for hydroxylation is 1. The van der Waals surface area contributed by atoms with Crippen molar-refractivity contribution >= 4 is 34.6 Å². The van der Waals surface area contributed by atoms with Gasteiger partial charge in [-0.2, -0.15) is 5.10 Å². The van der Waals surface area contributed by atoms with Crippen molar-refractivity contribution in [1.29, 1.82) is 0 Å². The predicted octanol–water partition coefficient (Wildman–Crippen LogP) is 6.68. The zero-order valence-electron chi connectivity index (χ0n) is 19.5. The average Bonchev–Trinajstić information content (AvgIpc) is 3.51. The maximum absolute atomic E-state index is 5.05. The Bertz CT molecular complexity index is 1520. The molecule has 0 bridgehead atoms. The second-order valence-corrected chi connectivity index (χ2v) is 8.70. The first-order valence-corrected chi connectivity index (χ1v) is 11.8. The Morgan fingerprint density at radius 1 is 0.800 bits per heavy atom. The van der Waals surface area contributed by atoms with Gasteiger partial charge in [-0.3, -0.25) is 5.01 Å². The van der Waals surface area contributed by atoms with Gasteiger partial charge in [0.05, 0.1) is 28.5 Å². The molecule has 0 fully saturated rings. The van der Waals surface area contributed by atoms with Crippen LogP contribution >= 0.6 is 0 Å². The van der Waals surface area contributed by atoms with Crippen LogP contribution in [0.25, 0.3) is 11.0 Å². The van der Waals surface area contributed by atoms with Gasteiger partial charge in [0.15, 0.2) is 0 Å². The second kappa shape index (κ2) is 9.03. The fourth-order valence-corrected chi connectivity index (χ4v) is 4.58. The second-order valence-electron chi connectivity index (χ2n) is 8.70. The van der Waals surface area contributed by atoms with Crippen LogP contribution in [0, 0.1) is 0 Å². The highest BCUT2D eigenvalue weighted by molar-refractivity contribution is 6.03. The van der Waals surface area contributed by atoms with Crippen molar-refractivity contribution in [3.8, 4) is 0 Å². The summed E-state index contributed by atoms with van der Waals surface area (Å²) < 4.78 is 2.01. The standard InChI is InChI=1S/C30H25N5/c1-34-28-15-9-8-14-26(28)32-30(34)31-21-22-16-18-25(19-17-22)35-29(24-12-6-3-7-13-24)20-27(33-35)23-10-4-2-5-11-23/h2-19,21,29H,20H2,1H3/b31-21+. The van der Waals surface area contributed by atoms with Gasteiger partial charge in [-0.1, -0.05) is 84.9 Å². The minimum Gasteiger partial charge on any atom is -0.311 e. The van der Waals surface area contributed by atoms with Crippen LogP contribution in [0.15, 0.2) is 119 Å². The van der Waals surface area contributed by atoms with E-state index in [9.17, 15) is 0 Å². The van der Waals surface area contributed by atoms with E-state index in [1.807, 2.05) is 42.1 Å². The lowest BCUT2D eigenvalue weighted by atomic mass is 9.98. The molecule has 0 saturated heterocycles. The third kappa shape index (κ3) is 4.13. The molecule has 5 aromatic rings. The van der Waals surface area contributed by atoms with Crippen molar-refractivity contribution in [2.75, 3.05) is 5.01 Å². The summed E-state index contributed by atoms with van der Waals surface area (Å²) in [5.74, 6) is 0.691. The molecular weight excluding hydrogens is 430 g/mol. The normalized spacial score (nSPS) is 15.7. The van der Waals surface area contributed by atoms with Gasteiger partial charge in [0.25, 0.3) is 0 Å². The van der Waals surface area contributed by atoms with E-state index in [4.69, 9.17) is 5.10 Å². The molecule has 35 heavy (non-hydrogen) atoms. The molecule has 5 heteroatoms. The Hall–Kier alpha value is -4.51. The van der Waals surface area contributed by atoms with Crippen molar-refractivity contribution in [3.05, 3.63) is 126 Å². The molecule has 0 radical (unpaired) electrons. The quantitative estimate of drug-likeness (QED) is 0.278. The van der Waals surface area contributed by atoms with Crippen LogP contribution < -0.4 is 5.01 Å². The number of rotatable bonds is 5. The van der Waals surface area contributed by atoms with Gasteiger partial charge in [-0.15, -0.1) is 0 Å². The number of anilines is 1. The molecule has 1 aliphatic heterocycles. The van der Waals surface area contributed by atoms with E-state index in [-0.39, 0.29) is 6.04 Å². The molecule has 0 amide bonds. The van der Waals surface area contributed by atoms with Crippen molar-refractivity contribution in [2.45, 2.75) is 12.5 Å². The molecule has 1 aliphatic rings. The van der Waals surface area contributed by atoms with Crippen LogP contribution in [0.3, 0.4) is 0 Å². The van der Waals surface area contributed by atoms with Gasteiger partial charge in [0.1, 0.15) is 0 Å². The lowest BCUT2D eigenvalue weighted by molar-refractivity contribution is 0.709. The van der Waals surface area contributed by atoms with Crippen molar-refractivity contribution in [2.24, 2.45) is 17.1 Å². The van der Waals surface area contributed by atoms with Crippen LogP contribution in [-0.4, -0.2) is 21.5 Å². The largest absolute Gasteiger partial charge is 0.311 e. The molecule has 1 aromatic heterocycles. The molecule has 0 spiro atoms. The van der Waals surface area contributed by atoms with Crippen molar-refractivity contribution in [3.63, 3.8) is 0 Å². The highest BCUT2D eigenvalue weighted by Crippen LogP contribution is 2.36. The minimum absolute atomic E-state index is 0.158. The molecule has 0 aliphatic carbocycles.